The standard InChI is InChI=1S/C20H24Br2O2/c21-5-19-15-7-1-3-9-11(7)17-13(15)14-16(20(17,6-22)23-9)8-2-4-10(24-19)12(8)18(14)19/h7-18H,1-6H2/t7-,8+,9-,10-,11-,12-,13+,14+,15-,16+,17+,18+,19-,20+/m0/s1. The van der Waals surface area contributed by atoms with Crippen LogP contribution < -0.4 is 0 Å². The largest absolute Gasteiger partial charge is 0.370 e. The Morgan fingerprint density at radius 1 is 0.625 bits per heavy atom. The van der Waals surface area contributed by atoms with Crippen LogP contribution in [0.5, 0.6) is 0 Å². The highest BCUT2D eigenvalue weighted by molar-refractivity contribution is 9.09. The molecule has 6 saturated carbocycles. The zero-order valence-corrected chi connectivity index (χ0v) is 16.9. The van der Waals surface area contributed by atoms with E-state index in [1.807, 2.05) is 0 Å². The van der Waals surface area contributed by atoms with E-state index in [2.05, 4.69) is 31.9 Å². The SMILES string of the molecule is BrC[C@]12O[C@H]3CC[C@H]4[C@@H]3[C@@H]1[C@@H]1[C@H]3[C@H]5[C@H]6[C@@H](CC[C@@H]6O[C@@]5(CBr)[C@@H]41)[C@H]32. The third kappa shape index (κ3) is 1.03. The smallest absolute Gasteiger partial charge is 0.0850 e. The van der Waals surface area contributed by atoms with Gasteiger partial charge in [-0.1, -0.05) is 31.9 Å². The molecule has 0 aromatic heterocycles. The molecule has 0 N–H and O–H groups in total. The molecule has 0 aromatic rings. The fourth-order valence-corrected chi connectivity index (χ4v) is 12.8. The van der Waals surface area contributed by atoms with E-state index in [4.69, 9.17) is 9.47 Å². The van der Waals surface area contributed by atoms with Crippen LogP contribution in [0.2, 0.25) is 0 Å². The number of halogens is 2. The molecule has 14 atom stereocenters. The highest BCUT2D eigenvalue weighted by atomic mass is 79.9. The van der Waals surface area contributed by atoms with Gasteiger partial charge in [-0.25, -0.2) is 0 Å². The highest BCUT2D eigenvalue weighted by Crippen LogP contribution is 2.86. The lowest BCUT2D eigenvalue weighted by Crippen LogP contribution is -2.46. The van der Waals surface area contributed by atoms with E-state index in [0.717, 1.165) is 69.8 Å². The fraction of sp³-hybridized carbons (Fsp3) is 1.00. The molecule has 0 unspecified atom stereocenters. The van der Waals surface area contributed by atoms with Crippen molar-refractivity contribution in [2.24, 2.45) is 59.2 Å². The fourth-order valence-electron chi connectivity index (χ4n) is 11.1. The van der Waals surface area contributed by atoms with Gasteiger partial charge in [0.15, 0.2) is 0 Å². The maximum atomic E-state index is 7.06. The summed E-state index contributed by atoms with van der Waals surface area (Å²) in [6, 6.07) is 0. The second kappa shape index (κ2) is 3.86. The Labute approximate surface area is 160 Å². The topological polar surface area (TPSA) is 18.5 Å². The van der Waals surface area contributed by atoms with E-state index in [0.29, 0.717) is 12.2 Å². The van der Waals surface area contributed by atoms with Gasteiger partial charge in [0, 0.05) is 10.7 Å². The maximum absolute atomic E-state index is 7.06. The van der Waals surface area contributed by atoms with Crippen LogP contribution in [0.1, 0.15) is 25.7 Å². The summed E-state index contributed by atoms with van der Waals surface area (Å²) in [5.74, 6) is 8.72. The van der Waals surface area contributed by atoms with Gasteiger partial charge in [-0.05, 0) is 84.9 Å². The van der Waals surface area contributed by atoms with Crippen LogP contribution >= 0.6 is 31.9 Å². The van der Waals surface area contributed by atoms with E-state index in [1.165, 1.54) is 25.7 Å². The number of hydrogen-bond donors (Lipinski definition) is 0. The number of rotatable bonds is 2. The molecule has 2 saturated heterocycles. The Kier molecular flexibility index (Phi) is 2.25. The zero-order valence-electron chi connectivity index (χ0n) is 13.7. The van der Waals surface area contributed by atoms with Crippen molar-refractivity contribution in [3.05, 3.63) is 0 Å². The van der Waals surface area contributed by atoms with Crippen LogP contribution in [0.25, 0.3) is 0 Å². The van der Waals surface area contributed by atoms with Crippen LogP contribution in [0.3, 0.4) is 0 Å². The summed E-state index contributed by atoms with van der Waals surface area (Å²) in [7, 11) is 0. The lowest BCUT2D eigenvalue weighted by Gasteiger charge is -2.39. The van der Waals surface area contributed by atoms with Crippen molar-refractivity contribution < 1.29 is 9.47 Å². The first-order valence-corrected chi connectivity index (χ1v) is 12.5. The Hall–Kier alpha value is 0.880. The molecule has 24 heavy (non-hydrogen) atoms. The molecule has 130 valence electrons. The summed E-state index contributed by atoms with van der Waals surface area (Å²) in [5.41, 5.74) is 0.390. The number of alkyl halides is 2. The van der Waals surface area contributed by atoms with Gasteiger partial charge in [0.1, 0.15) is 0 Å². The summed E-state index contributed by atoms with van der Waals surface area (Å²) in [6.07, 6.45) is 6.61. The minimum Gasteiger partial charge on any atom is -0.370 e. The van der Waals surface area contributed by atoms with Gasteiger partial charge in [-0.2, -0.15) is 0 Å². The molecule has 8 fully saturated rings. The average Bonchev–Trinajstić information content (AvgIpc) is 3.36. The Morgan fingerprint density at radius 3 is 1.50 bits per heavy atom. The van der Waals surface area contributed by atoms with E-state index in [1.54, 1.807) is 0 Å². The van der Waals surface area contributed by atoms with Crippen molar-refractivity contribution in [2.75, 3.05) is 10.7 Å². The van der Waals surface area contributed by atoms with Gasteiger partial charge in [0.2, 0.25) is 0 Å². The molecule has 0 amide bonds. The number of hydrogen-bond acceptors (Lipinski definition) is 2. The van der Waals surface area contributed by atoms with Gasteiger partial charge < -0.3 is 9.47 Å². The van der Waals surface area contributed by atoms with Crippen molar-refractivity contribution in [3.63, 3.8) is 0 Å². The average molecular weight is 456 g/mol. The third-order valence-electron chi connectivity index (χ3n) is 10.7. The molecule has 4 heteroatoms. The molecule has 2 heterocycles. The quantitative estimate of drug-likeness (QED) is 0.588. The van der Waals surface area contributed by atoms with Crippen LogP contribution in [-0.4, -0.2) is 34.1 Å². The van der Waals surface area contributed by atoms with E-state index < -0.39 is 0 Å². The molecule has 2 nitrogen and oxygen atoms in total. The van der Waals surface area contributed by atoms with Gasteiger partial charge in [-0.3, -0.25) is 0 Å². The first-order chi connectivity index (χ1) is 11.8. The van der Waals surface area contributed by atoms with Gasteiger partial charge in [0.25, 0.3) is 0 Å². The van der Waals surface area contributed by atoms with Gasteiger partial charge in [-0.15, -0.1) is 0 Å². The first-order valence-electron chi connectivity index (χ1n) is 10.2. The van der Waals surface area contributed by atoms with E-state index in [-0.39, 0.29) is 11.2 Å². The van der Waals surface area contributed by atoms with Crippen molar-refractivity contribution in [3.8, 4) is 0 Å². The molecule has 2 aliphatic heterocycles. The van der Waals surface area contributed by atoms with Crippen molar-refractivity contribution in [1.29, 1.82) is 0 Å². The van der Waals surface area contributed by atoms with Crippen LogP contribution in [0.15, 0.2) is 0 Å². The Bertz CT molecular complexity index is 614. The monoisotopic (exact) mass is 454 g/mol. The molecule has 0 aromatic carbocycles. The van der Waals surface area contributed by atoms with Gasteiger partial charge >= 0.3 is 0 Å². The molecule has 0 bridgehead atoms. The summed E-state index contributed by atoms with van der Waals surface area (Å²) >= 11 is 7.98. The highest BCUT2D eigenvalue weighted by Gasteiger charge is 2.89. The second-order valence-electron chi connectivity index (χ2n) is 10.4. The minimum absolute atomic E-state index is 0.195. The zero-order chi connectivity index (χ0) is 15.6. The molecule has 6 aliphatic carbocycles. The van der Waals surface area contributed by atoms with Crippen molar-refractivity contribution in [2.45, 2.75) is 49.1 Å². The molecular weight excluding hydrogens is 432 g/mol. The first kappa shape index (κ1) is 14.0. The molecule has 8 aliphatic rings. The molecule has 0 radical (unpaired) electrons. The third-order valence-corrected chi connectivity index (χ3v) is 12.4. The summed E-state index contributed by atoms with van der Waals surface area (Å²) in [6.45, 7) is 0. The van der Waals surface area contributed by atoms with Crippen LogP contribution in [-0.2, 0) is 9.47 Å². The van der Waals surface area contributed by atoms with E-state index in [9.17, 15) is 0 Å². The minimum atomic E-state index is 0.195. The summed E-state index contributed by atoms with van der Waals surface area (Å²) in [4.78, 5) is 0. The molecule has 8 rings (SSSR count). The van der Waals surface area contributed by atoms with Crippen LogP contribution in [0, 0.1) is 59.2 Å². The van der Waals surface area contributed by atoms with Crippen molar-refractivity contribution in [1.82, 2.24) is 0 Å². The normalized spacial score (nSPS) is 77.2. The maximum Gasteiger partial charge on any atom is 0.0850 e. The molecule has 0 spiro atoms. The van der Waals surface area contributed by atoms with Gasteiger partial charge in [0.05, 0.1) is 23.4 Å². The predicted molar refractivity (Wildman–Crippen MR) is 96.2 cm³/mol. The van der Waals surface area contributed by atoms with Crippen molar-refractivity contribution >= 4 is 31.9 Å². The Morgan fingerprint density at radius 2 is 1.08 bits per heavy atom. The predicted octanol–water partition coefficient (Wildman–Crippen LogP) is 3.86. The lowest BCUT2D eigenvalue weighted by molar-refractivity contribution is -0.105. The lowest BCUT2D eigenvalue weighted by atomic mass is 9.72. The summed E-state index contributed by atoms with van der Waals surface area (Å²) < 4.78 is 14.1. The van der Waals surface area contributed by atoms with Crippen LogP contribution in [0.4, 0.5) is 0 Å². The van der Waals surface area contributed by atoms with E-state index >= 15 is 0 Å². The number of ether oxygens (including phenoxy) is 2. The molecular formula is C20H24Br2O2. The second-order valence-corrected chi connectivity index (χ2v) is 11.5. The number of fused-ring (bicyclic) bond motifs is 4. The summed E-state index contributed by atoms with van der Waals surface area (Å²) in [5, 5.41) is 2.19. The Balaban J connectivity index is 1.44.